The molecule has 2 saturated carbocycles. The van der Waals surface area contributed by atoms with Crippen LogP contribution in [0.25, 0.3) is 0 Å². The van der Waals surface area contributed by atoms with Gasteiger partial charge in [-0.2, -0.15) is 0 Å². The van der Waals surface area contributed by atoms with E-state index in [1.54, 1.807) is 5.56 Å². The summed E-state index contributed by atoms with van der Waals surface area (Å²) < 4.78 is 0. The Balaban J connectivity index is 1.38. The number of aryl methyl sites for hydroxylation is 1. The highest BCUT2D eigenvalue weighted by Gasteiger charge is 2.30. The molecule has 1 aromatic rings. The van der Waals surface area contributed by atoms with E-state index in [1.807, 2.05) is 0 Å². The first-order valence-electron chi connectivity index (χ1n) is 12.9. The minimum absolute atomic E-state index is 0.720. The summed E-state index contributed by atoms with van der Waals surface area (Å²) >= 11 is 0. The SMILES string of the molecule is CCCC=CC1CCC(C2CCC(C[C@@H](C)c3ccc(CCC)cc3)CC2)CC1. The Labute approximate surface area is 181 Å². The molecule has 0 aromatic heterocycles. The zero-order valence-corrected chi connectivity index (χ0v) is 19.5. The third-order valence-electron chi connectivity index (χ3n) is 8.01. The number of benzene rings is 1. The van der Waals surface area contributed by atoms with Gasteiger partial charge in [0.05, 0.1) is 0 Å². The minimum atomic E-state index is 0.720. The molecule has 1 aromatic carbocycles. The van der Waals surface area contributed by atoms with Crippen molar-refractivity contribution in [1.82, 2.24) is 0 Å². The fraction of sp³-hybridized carbons (Fsp3) is 0.724. The largest absolute Gasteiger partial charge is 0.0883 e. The Morgan fingerprint density at radius 3 is 2.03 bits per heavy atom. The predicted molar refractivity (Wildman–Crippen MR) is 128 cm³/mol. The summed E-state index contributed by atoms with van der Waals surface area (Å²) in [5, 5.41) is 0. The van der Waals surface area contributed by atoms with Crippen LogP contribution in [0.4, 0.5) is 0 Å². The summed E-state index contributed by atoms with van der Waals surface area (Å²) in [4.78, 5) is 0. The van der Waals surface area contributed by atoms with Gasteiger partial charge in [0.15, 0.2) is 0 Å². The summed E-state index contributed by atoms with van der Waals surface area (Å²) in [6, 6.07) is 9.52. The maximum absolute atomic E-state index is 2.53. The van der Waals surface area contributed by atoms with E-state index < -0.39 is 0 Å². The molecular weight excluding hydrogens is 348 g/mol. The van der Waals surface area contributed by atoms with Gasteiger partial charge in [0, 0.05) is 0 Å². The maximum Gasteiger partial charge on any atom is -0.0188 e. The predicted octanol–water partition coefficient (Wildman–Crippen LogP) is 9.10. The van der Waals surface area contributed by atoms with E-state index in [4.69, 9.17) is 0 Å². The number of unbranched alkanes of at least 4 members (excludes halogenated alkanes) is 1. The Morgan fingerprint density at radius 1 is 0.828 bits per heavy atom. The number of hydrogen-bond acceptors (Lipinski definition) is 0. The van der Waals surface area contributed by atoms with Gasteiger partial charge in [-0.15, -0.1) is 0 Å². The maximum atomic E-state index is 2.53. The van der Waals surface area contributed by atoms with Gasteiger partial charge < -0.3 is 0 Å². The lowest BCUT2D eigenvalue weighted by Crippen LogP contribution is -2.26. The first-order valence-corrected chi connectivity index (χ1v) is 12.9. The molecule has 0 N–H and O–H groups in total. The van der Waals surface area contributed by atoms with Gasteiger partial charge in [-0.25, -0.2) is 0 Å². The third kappa shape index (κ3) is 7.01. The number of hydrogen-bond donors (Lipinski definition) is 0. The molecular formula is C29H46. The molecule has 0 spiro atoms. The second kappa shape index (κ2) is 12.0. The first-order chi connectivity index (χ1) is 14.2. The third-order valence-corrected chi connectivity index (χ3v) is 8.01. The van der Waals surface area contributed by atoms with Crippen molar-refractivity contribution in [2.24, 2.45) is 23.7 Å². The molecule has 0 saturated heterocycles. The molecule has 0 bridgehead atoms. The molecule has 29 heavy (non-hydrogen) atoms. The lowest BCUT2D eigenvalue weighted by Gasteiger charge is -2.38. The molecule has 2 fully saturated rings. The highest BCUT2D eigenvalue weighted by molar-refractivity contribution is 5.25. The van der Waals surface area contributed by atoms with Crippen molar-refractivity contribution < 1.29 is 0 Å². The average molecular weight is 395 g/mol. The highest BCUT2D eigenvalue weighted by Crippen LogP contribution is 2.43. The van der Waals surface area contributed by atoms with Gasteiger partial charge in [-0.1, -0.05) is 82.9 Å². The zero-order valence-electron chi connectivity index (χ0n) is 19.5. The Hall–Kier alpha value is -1.04. The monoisotopic (exact) mass is 394 g/mol. The first kappa shape index (κ1) is 22.6. The Kier molecular flexibility index (Phi) is 9.35. The van der Waals surface area contributed by atoms with Crippen LogP contribution in [0.3, 0.4) is 0 Å². The summed E-state index contributed by atoms with van der Waals surface area (Å²) in [6.07, 6.45) is 23.3. The van der Waals surface area contributed by atoms with Crippen molar-refractivity contribution in [1.29, 1.82) is 0 Å². The van der Waals surface area contributed by atoms with E-state index >= 15 is 0 Å². The lowest BCUT2D eigenvalue weighted by atomic mass is 9.68. The van der Waals surface area contributed by atoms with Crippen molar-refractivity contribution in [3.05, 3.63) is 47.5 Å². The van der Waals surface area contributed by atoms with E-state index in [0.717, 1.165) is 29.6 Å². The van der Waals surface area contributed by atoms with Gasteiger partial charge in [0.2, 0.25) is 0 Å². The Bertz CT molecular complexity index is 579. The summed E-state index contributed by atoms with van der Waals surface area (Å²) in [5.74, 6) is 4.65. The molecule has 1 atom stereocenters. The fourth-order valence-electron chi connectivity index (χ4n) is 6.10. The van der Waals surface area contributed by atoms with Crippen LogP contribution in [-0.2, 0) is 6.42 Å². The van der Waals surface area contributed by atoms with Gasteiger partial charge in [0.25, 0.3) is 0 Å². The standard InChI is InChI=1S/C29H46/c1-4-6-7-9-25-12-18-28(19-13-25)29-20-14-26(15-21-29)22-23(3)27-16-10-24(8-5-2)11-17-27/h7,9-11,16-17,23,25-26,28-29H,4-6,8,12-15,18-22H2,1-3H3/t23-,25?,26?,28?,29?/m1/s1. The van der Waals surface area contributed by atoms with Crippen LogP contribution in [0, 0.1) is 23.7 Å². The van der Waals surface area contributed by atoms with E-state index in [2.05, 4.69) is 57.2 Å². The van der Waals surface area contributed by atoms with Gasteiger partial charge in [-0.05, 0) is 98.5 Å². The van der Waals surface area contributed by atoms with Crippen molar-refractivity contribution in [3.8, 4) is 0 Å². The van der Waals surface area contributed by atoms with E-state index in [9.17, 15) is 0 Å². The van der Waals surface area contributed by atoms with Crippen molar-refractivity contribution >= 4 is 0 Å². The molecule has 0 radical (unpaired) electrons. The van der Waals surface area contributed by atoms with Crippen molar-refractivity contribution in [3.63, 3.8) is 0 Å². The number of allylic oxidation sites excluding steroid dienone is 2. The van der Waals surface area contributed by atoms with Crippen LogP contribution in [0.5, 0.6) is 0 Å². The average Bonchev–Trinajstić information content (AvgIpc) is 2.76. The highest BCUT2D eigenvalue weighted by atomic mass is 14.4. The van der Waals surface area contributed by atoms with Crippen molar-refractivity contribution in [2.75, 3.05) is 0 Å². The van der Waals surface area contributed by atoms with Gasteiger partial charge in [0.1, 0.15) is 0 Å². The molecule has 0 heterocycles. The molecule has 2 aliphatic carbocycles. The van der Waals surface area contributed by atoms with E-state index in [-0.39, 0.29) is 0 Å². The van der Waals surface area contributed by atoms with Gasteiger partial charge in [-0.3, -0.25) is 0 Å². The molecule has 2 aliphatic rings. The van der Waals surface area contributed by atoms with E-state index in [1.165, 1.54) is 89.0 Å². The van der Waals surface area contributed by atoms with Crippen LogP contribution in [0.15, 0.2) is 36.4 Å². The normalized spacial score (nSPS) is 29.2. The molecule has 0 nitrogen and oxygen atoms in total. The Morgan fingerprint density at radius 2 is 1.45 bits per heavy atom. The molecule has 0 unspecified atom stereocenters. The quantitative estimate of drug-likeness (QED) is 0.366. The number of rotatable bonds is 9. The van der Waals surface area contributed by atoms with Crippen LogP contribution in [-0.4, -0.2) is 0 Å². The second-order valence-corrected chi connectivity index (χ2v) is 10.3. The van der Waals surface area contributed by atoms with Crippen LogP contribution >= 0.6 is 0 Å². The fourth-order valence-corrected chi connectivity index (χ4v) is 6.10. The molecule has 0 heteroatoms. The topological polar surface area (TPSA) is 0 Å². The summed E-state index contributed by atoms with van der Waals surface area (Å²) in [6.45, 7) is 7.00. The summed E-state index contributed by atoms with van der Waals surface area (Å²) in [5.41, 5.74) is 3.06. The van der Waals surface area contributed by atoms with Crippen LogP contribution in [0.2, 0.25) is 0 Å². The minimum Gasteiger partial charge on any atom is -0.0883 e. The van der Waals surface area contributed by atoms with Crippen LogP contribution in [0.1, 0.15) is 115 Å². The van der Waals surface area contributed by atoms with Gasteiger partial charge >= 0.3 is 0 Å². The lowest BCUT2D eigenvalue weighted by molar-refractivity contribution is 0.150. The smallest absolute Gasteiger partial charge is 0.0188 e. The second-order valence-electron chi connectivity index (χ2n) is 10.3. The molecule has 0 amide bonds. The summed E-state index contributed by atoms with van der Waals surface area (Å²) in [7, 11) is 0. The molecule has 0 aliphatic heterocycles. The van der Waals surface area contributed by atoms with E-state index in [0.29, 0.717) is 0 Å². The van der Waals surface area contributed by atoms with Crippen molar-refractivity contribution in [2.45, 2.75) is 110 Å². The molecule has 162 valence electrons. The molecule has 3 rings (SSSR count). The zero-order chi connectivity index (χ0) is 20.5. The van der Waals surface area contributed by atoms with Crippen LogP contribution < -0.4 is 0 Å².